The normalized spacial score (nSPS) is 9.90. The Balaban J connectivity index is 2.20. The molecule has 1 amide bonds. The monoisotopic (exact) mass is 274 g/mol. The maximum atomic E-state index is 12.1. The molecule has 4 N–H and O–H groups in total. The average Bonchev–Trinajstić information content (AvgIpc) is 2.46. The van der Waals surface area contributed by atoms with E-state index in [0.717, 1.165) is 0 Å². The van der Waals surface area contributed by atoms with Crippen molar-refractivity contribution >= 4 is 23.8 Å². The van der Waals surface area contributed by atoms with Gasteiger partial charge in [0.05, 0.1) is 7.11 Å². The van der Waals surface area contributed by atoms with Crippen molar-refractivity contribution in [2.24, 2.45) is 0 Å². The molecule has 0 fully saturated rings. The SMILES string of the molecule is CNc1nc(N)nc(NC(=O)c2cccc(OC)c2)n1. The summed E-state index contributed by atoms with van der Waals surface area (Å²) in [5, 5.41) is 5.27. The molecular formula is C12H14N6O2. The molecule has 2 aromatic rings. The van der Waals surface area contributed by atoms with E-state index in [-0.39, 0.29) is 23.8 Å². The largest absolute Gasteiger partial charge is 0.497 e. The molecule has 1 aromatic heterocycles. The second-order valence-electron chi connectivity index (χ2n) is 3.78. The van der Waals surface area contributed by atoms with E-state index >= 15 is 0 Å². The van der Waals surface area contributed by atoms with Gasteiger partial charge < -0.3 is 15.8 Å². The predicted molar refractivity (Wildman–Crippen MR) is 74.7 cm³/mol. The van der Waals surface area contributed by atoms with E-state index in [1.54, 1.807) is 31.3 Å². The molecule has 8 nitrogen and oxygen atoms in total. The minimum Gasteiger partial charge on any atom is -0.497 e. The zero-order valence-corrected chi connectivity index (χ0v) is 11.0. The molecule has 0 saturated carbocycles. The maximum absolute atomic E-state index is 12.1. The summed E-state index contributed by atoms with van der Waals surface area (Å²) < 4.78 is 5.06. The zero-order chi connectivity index (χ0) is 14.5. The fourth-order valence-corrected chi connectivity index (χ4v) is 1.50. The molecular weight excluding hydrogens is 260 g/mol. The molecule has 0 aliphatic heterocycles. The summed E-state index contributed by atoms with van der Waals surface area (Å²) in [6.07, 6.45) is 0. The van der Waals surface area contributed by atoms with Gasteiger partial charge in [0.25, 0.3) is 5.91 Å². The van der Waals surface area contributed by atoms with E-state index in [2.05, 4.69) is 25.6 Å². The van der Waals surface area contributed by atoms with E-state index in [0.29, 0.717) is 11.3 Å². The first-order valence-corrected chi connectivity index (χ1v) is 5.77. The van der Waals surface area contributed by atoms with Crippen molar-refractivity contribution in [3.05, 3.63) is 29.8 Å². The molecule has 1 heterocycles. The third kappa shape index (κ3) is 3.10. The number of nitrogens with one attached hydrogen (secondary N) is 2. The number of benzene rings is 1. The van der Waals surface area contributed by atoms with Crippen LogP contribution in [-0.4, -0.2) is 35.0 Å². The van der Waals surface area contributed by atoms with Gasteiger partial charge in [0, 0.05) is 12.6 Å². The van der Waals surface area contributed by atoms with Gasteiger partial charge in [-0.2, -0.15) is 15.0 Å². The van der Waals surface area contributed by atoms with Crippen molar-refractivity contribution in [2.75, 3.05) is 30.5 Å². The van der Waals surface area contributed by atoms with Crippen molar-refractivity contribution in [3.63, 3.8) is 0 Å². The molecule has 20 heavy (non-hydrogen) atoms. The average molecular weight is 274 g/mol. The quantitative estimate of drug-likeness (QED) is 0.753. The van der Waals surface area contributed by atoms with Crippen molar-refractivity contribution in [1.82, 2.24) is 15.0 Å². The van der Waals surface area contributed by atoms with Crippen LogP contribution in [0, 0.1) is 0 Å². The Morgan fingerprint density at radius 2 is 2.00 bits per heavy atom. The minimum absolute atomic E-state index is 0.0188. The smallest absolute Gasteiger partial charge is 0.258 e. The lowest BCUT2D eigenvalue weighted by atomic mass is 10.2. The molecule has 0 aliphatic rings. The van der Waals surface area contributed by atoms with Gasteiger partial charge in [-0.05, 0) is 18.2 Å². The van der Waals surface area contributed by atoms with Crippen LogP contribution in [0.3, 0.4) is 0 Å². The van der Waals surface area contributed by atoms with E-state index in [1.165, 1.54) is 7.11 Å². The molecule has 0 atom stereocenters. The summed E-state index contributed by atoms with van der Waals surface area (Å²) in [7, 11) is 3.17. The summed E-state index contributed by atoms with van der Waals surface area (Å²) in [6, 6.07) is 6.73. The Morgan fingerprint density at radius 3 is 2.70 bits per heavy atom. The van der Waals surface area contributed by atoms with E-state index in [1.807, 2.05) is 0 Å². The topological polar surface area (TPSA) is 115 Å². The number of carbonyl (C=O) groups excluding carboxylic acids is 1. The summed E-state index contributed by atoms with van der Waals surface area (Å²) >= 11 is 0. The van der Waals surface area contributed by atoms with Crippen LogP contribution in [0.5, 0.6) is 5.75 Å². The highest BCUT2D eigenvalue weighted by Crippen LogP contribution is 2.14. The van der Waals surface area contributed by atoms with Gasteiger partial charge in [0.2, 0.25) is 17.8 Å². The Morgan fingerprint density at radius 1 is 1.25 bits per heavy atom. The number of nitrogen functional groups attached to an aromatic ring is 1. The molecule has 0 saturated heterocycles. The Bertz CT molecular complexity index is 631. The number of rotatable bonds is 4. The van der Waals surface area contributed by atoms with Crippen molar-refractivity contribution in [3.8, 4) is 5.75 Å². The summed E-state index contributed by atoms with van der Waals surface area (Å²) in [5.74, 6) is 0.596. The molecule has 8 heteroatoms. The van der Waals surface area contributed by atoms with Crippen LogP contribution in [-0.2, 0) is 0 Å². The number of hydrogen-bond donors (Lipinski definition) is 3. The molecule has 104 valence electrons. The number of carbonyl (C=O) groups is 1. The number of anilines is 3. The lowest BCUT2D eigenvalue weighted by molar-refractivity contribution is 0.102. The highest BCUT2D eigenvalue weighted by Gasteiger charge is 2.10. The summed E-state index contributed by atoms with van der Waals surface area (Å²) in [5.41, 5.74) is 5.95. The van der Waals surface area contributed by atoms with Crippen molar-refractivity contribution in [1.29, 1.82) is 0 Å². The van der Waals surface area contributed by atoms with Crippen molar-refractivity contribution in [2.45, 2.75) is 0 Å². The number of aromatic nitrogens is 3. The van der Waals surface area contributed by atoms with Crippen LogP contribution in [0.15, 0.2) is 24.3 Å². The molecule has 0 spiro atoms. The lowest BCUT2D eigenvalue weighted by Gasteiger charge is -2.07. The molecule has 0 radical (unpaired) electrons. The molecule has 2 rings (SSSR count). The summed E-state index contributed by atoms with van der Waals surface area (Å²) in [4.78, 5) is 23.7. The first kappa shape index (κ1) is 13.5. The number of ether oxygens (including phenoxy) is 1. The third-order valence-corrected chi connectivity index (χ3v) is 2.43. The van der Waals surface area contributed by atoms with Crippen LogP contribution < -0.4 is 21.1 Å². The molecule has 0 bridgehead atoms. The fourth-order valence-electron chi connectivity index (χ4n) is 1.50. The zero-order valence-electron chi connectivity index (χ0n) is 11.0. The number of methoxy groups -OCH3 is 1. The standard InChI is InChI=1S/C12H14N6O2/c1-14-11-16-10(13)17-12(18-11)15-9(19)7-4-3-5-8(6-7)20-2/h3-6H,1-2H3,(H4,13,14,15,16,17,18,19). The van der Waals surface area contributed by atoms with Gasteiger partial charge >= 0.3 is 0 Å². The third-order valence-electron chi connectivity index (χ3n) is 2.43. The molecule has 1 aromatic carbocycles. The number of amides is 1. The van der Waals surface area contributed by atoms with Gasteiger partial charge in [-0.15, -0.1) is 0 Å². The first-order chi connectivity index (χ1) is 9.62. The van der Waals surface area contributed by atoms with Gasteiger partial charge in [-0.3, -0.25) is 10.1 Å². The second-order valence-corrected chi connectivity index (χ2v) is 3.78. The van der Waals surface area contributed by atoms with E-state index in [9.17, 15) is 4.79 Å². The number of nitrogens with zero attached hydrogens (tertiary/aromatic N) is 3. The molecule has 0 unspecified atom stereocenters. The predicted octanol–water partition coefficient (Wildman–Crippen LogP) is 0.756. The van der Waals surface area contributed by atoms with Crippen LogP contribution in [0.25, 0.3) is 0 Å². The van der Waals surface area contributed by atoms with E-state index in [4.69, 9.17) is 10.5 Å². The van der Waals surface area contributed by atoms with Gasteiger partial charge in [0.1, 0.15) is 5.75 Å². The van der Waals surface area contributed by atoms with Gasteiger partial charge in [0.15, 0.2) is 0 Å². The lowest BCUT2D eigenvalue weighted by Crippen LogP contribution is -2.16. The Hall–Kier alpha value is -2.90. The molecule has 0 aliphatic carbocycles. The summed E-state index contributed by atoms with van der Waals surface area (Å²) in [6.45, 7) is 0. The van der Waals surface area contributed by atoms with Gasteiger partial charge in [-0.25, -0.2) is 0 Å². The second kappa shape index (κ2) is 5.83. The van der Waals surface area contributed by atoms with E-state index < -0.39 is 0 Å². The van der Waals surface area contributed by atoms with Crippen LogP contribution >= 0.6 is 0 Å². The van der Waals surface area contributed by atoms with Crippen LogP contribution in [0.2, 0.25) is 0 Å². The minimum atomic E-state index is -0.364. The highest BCUT2D eigenvalue weighted by molar-refractivity contribution is 6.03. The number of hydrogen-bond acceptors (Lipinski definition) is 7. The fraction of sp³-hybridized carbons (Fsp3) is 0.167. The van der Waals surface area contributed by atoms with Crippen molar-refractivity contribution < 1.29 is 9.53 Å². The Labute approximate surface area is 115 Å². The Kier molecular flexibility index (Phi) is 3.94. The highest BCUT2D eigenvalue weighted by atomic mass is 16.5. The van der Waals surface area contributed by atoms with Crippen LogP contribution in [0.4, 0.5) is 17.8 Å². The maximum Gasteiger partial charge on any atom is 0.258 e. The van der Waals surface area contributed by atoms with Crippen LogP contribution in [0.1, 0.15) is 10.4 Å². The first-order valence-electron chi connectivity index (χ1n) is 5.77. The van der Waals surface area contributed by atoms with Gasteiger partial charge in [-0.1, -0.05) is 6.07 Å². The number of nitrogens with two attached hydrogens (primary N) is 1.